The van der Waals surface area contributed by atoms with Crippen LogP contribution in [0.15, 0.2) is 18.2 Å². The van der Waals surface area contributed by atoms with Crippen LogP contribution in [0.1, 0.15) is 36.5 Å². The molecule has 0 spiro atoms. The average molecular weight is 333 g/mol. The Labute approximate surface area is 141 Å². The molecule has 7 nitrogen and oxygen atoms in total. The third-order valence-corrected chi connectivity index (χ3v) is 5.19. The van der Waals surface area contributed by atoms with Gasteiger partial charge < -0.3 is 9.64 Å². The molecule has 1 aromatic rings. The second-order valence-corrected chi connectivity index (χ2v) is 6.46. The van der Waals surface area contributed by atoms with Gasteiger partial charge in [0.05, 0.1) is 11.5 Å². The molecule has 7 heteroatoms. The number of benzene rings is 1. The summed E-state index contributed by atoms with van der Waals surface area (Å²) in [6.45, 7) is 3.66. The van der Waals surface area contributed by atoms with E-state index in [0.717, 1.165) is 25.2 Å². The minimum atomic E-state index is -0.639. The number of nitrogens with zero attached hydrogens (tertiary/aromatic N) is 3. The predicted molar refractivity (Wildman–Crippen MR) is 90.5 cm³/mol. The number of carbonyl (C=O) groups excluding carboxylic acids is 1. The summed E-state index contributed by atoms with van der Waals surface area (Å²) in [4.78, 5) is 27.4. The smallest absolute Gasteiger partial charge is 0.345 e. The van der Waals surface area contributed by atoms with E-state index in [-0.39, 0.29) is 17.9 Å². The van der Waals surface area contributed by atoms with Crippen LogP contribution in [-0.4, -0.2) is 54.6 Å². The number of carbonyl (C=O) groups is 1. The highest BCUT2D eigenvalue weighted by atomic mass is 16.6. The molecule has 3 rings (SSSR count). The van der Waals surface area contributed by atoms with Gasteiger partial charge >= 0.3 is 5.97 Å². The fourth-order valence-electron chi connectivity index (χ4n) is 3.80. The molecule has 2 aliphatic rings. The summed E-state index contributed by atoms with van der Waals surface area (Å²) in [6, 6.07) is 5.87. The number of fused-ring (bicyclic) bond motifs is 2. The van der Waals surface area contributed by atoms with Crippen molar-refractivity contribution >= 4 is 17.3 Å². The maximum atomic E-state index is 12.1. The summed E-state index contributed by atoms with van der Waals surface area (Å²) in [7, 11) is 2.17. The van der Waals surface area contributed by atoms with E-state index in [4.69, 9.17) is 4.74 Å². The number of nitro benzene ring substituents is 1. The molecule has 0 saturated carbocycles. The number of hydrogen-bond donors (Lipinski definition) is 0. The average Bonchev–Trinajstić information content (AvgIpc) is 2.79. The fourth-order valence-corrected chi connectivity index (χ4v) is 3.80. The first kappa shape index (κ1) is 16.7. The second-order valence-electron chi connectivity index (χ2n) is 6.46. The molecule has 0 unspecified atom stereocenters. The van der Waals surface area contributed by atoms with Crippen LogP contribution < -0.4 is 4.90 Å². The molecule has 2 aliphatic heterocycles. The molecule has 1 aromatic carbocycles. The first-order valence-electron chi connectivity index (χ1n) is 8.43. The van der Waals surface area contributed by atoms with Gasteiger partial charge in [-0.2, -0.15) is 0 Å². The van der Waals surface area contributed by atoms with Crippen LogP contribution in [0, 0.1) is 10.1 Å². The molecule has 2 fully saturated rings. The molecule has 2 heterocycles. The number of nitro groups is 1. The van der Waals surface area contributed by atoms with Crippen molar-refractivity contribution in [2.24, 2.45) is 0 Å². The fraction of sp³-hybridized carbons (Fsp3) is 0.588. The van der Waals surface area contributed by atoms with Crippen molar-refractivity contribution in [2.75, 3.05) is 31.6 Å². The van der Waals surface area contributed by atoms with Crippen LogP contribution >= 0.6 is 0 Å². The molecular formula is C17H23N3O4. The number of esters is 1. The normalized spacial score (nSPS) is 23.8. The Balaban J connectivity index is 1.89. The zero-order valence-corrected chi connectivity index (χ0v) is 14.1. The van der Waals surface area contributed by atoms with E-state index >= 15 is 0 Å². The van der Waals surface area contributed by atoms with Crippen molar-refractivity contribution in [2.45, 2.75) is 38.3 Å². The third-order valence-electron chi connectivity index (χ3n) is 5.19. The molecule has 24 heavy (non-hydrogen) atoms. The Bertz CT molecular complexity index is 649. The maximum absolute atomic E-state index is 12.1. The topological polar surface area (TPSA) is 75.9 Å². The molecule has 2 bridgehead atoms. The first-order valence-corrected chi connectivity index (χ1v) is 8.43. The number of hydrogen-bond acceptors (Lipinski definition) is 6. The highest BCUT2D eigenvalue weighted by Gasteiger charge is 2.35. The Kier molecular flexibility index (Phi) is 4.71. The molecule has 130 valence electrons. The molecule has 2 saturated heterocycles. The van der Waals surface area contributed by atoms with Crippen molar-refractivity contribution in [3.05, 3.63) is 33.9 Å². The van der Waals surface area contributed by atoms with E-state index in [0.29, 0.717) is 12.1 Å². The summed E-state index contributed by atoms with van der Waals surface area (Å²) in [5.74, 6) is -0.639. The zero-order chi connectivity index (χ0) is 17.3. The number of rotatable bonds is 4. The van der Waals surface area contributed by atoms with Gasteiger partial charge in [-0.15, -0.1) is 0 Å². The Morgan fingerprint density at radius 3 is 2.79 bits per heavy atom. The molecule has 0 amide bonds. The monoisotopic (exact) mass is 333 g/mol. The Morgan fingerprint density at radius 1 is 1.33 bits per heavy atom. The molecular weight excluding hydrogens is 310 g/mol. The largest absolute Gasteiger partial charge is 0.462 e. The summed E-state index contributed by atoms with van der Waals surface area (Å²) < 4.78 is 4.98. The lowest BCUT2D eigenvalue weighted by Crippen LogP contribution is -2.36. The number of likely N-dealkylation sites (N-methyl/N-ethyl adjacent to an activating group) is 1. The zero-order valence-electron chi connectivity index (χ0n) is 14.1. The molecule has 0 radical (unpaired) electrons. The van der Waals surface area contributed by atoms with Gasteiger partial charge in [-0.25, -0.2) is 4.79 Å². The molecule has 0 N–H and O–H groups in total. The third kappa shape index (κ3) is 3.08. The molecule has 0 aliphatic carbocycles. The lowest BCUT2D eigenvalue weighted by atomic mass is 10.1. The van der Waals surface area contributed by atoms with Gasteiger partial charge in [0.2, 0.25) is 0 Å². The van der Waals surface area contributed by atoms with Gasteiger partial charge in [-0.05, 0) is 45.4 Å². The van der Waals surface area contributed by atoms with Crippen molar-refractivity contribution in [1.29, 1.82) is 0 Å². The minimum Gasteiger partial charge on any atom is -0.462 e. The van der Waals surface area contributed by atoms with E-state index in [1.54, 1.807) is 19.1 Å². The van der Waals surface area contributed by atoms with Gasteiger partial charge in [-0.3, -0.25) is 15.0 Å². The van der Waals surface area contributed by atoms with Crippen LogP contribution in [0.4, 0.5) is 11.4 Å². The van der Waals surface area contributed by atoms with Crippen LogP contribution in [-0.2, 0) is 4.74 Å². The van der Waals surface area contributed by atoms with Gasteiger partial charge in [0.1, 0.15) is 5.56 Å². The molecule has 0 aromatic heterocycles. The van der Waals surface area contributed by atoms with E-state index in [2.05, 4.69) is 16.8 Å². The van der Waals surface area contributed by atoms with Crippen molar-refractivity contribution < 1.29 is 14.5 Å². The second kappa shape index (κ2) is 6.76. The van der Waals surface area contributed by atoms with Gasteiger partial charge in [0, 0.05) is 36.9 Å². The van der Waals surface area contributed by atoms with Crippen molar-refractivity contribution in [3.63, 3.8) is 0 Å². The summed E-state index contributed by atoms with van der Waals surface area (Å²) in [5.41, 5.74) is 0.678. The van der Waals surface area contributed by atoms with Crippen LogP contribution in [0.3, 0.4) is 0 Å². The lowest BCUT2D eigenvalue weighted by molar-refractivity contribution is -0.385. The number of anilines is 1. The summed E-state index contributed by atoms with van der Waals surface area (Å²) in [6.07, 6.45) is 3.48. The maximum Gasteiger partial charge on any atom is 0.345 e. The van der Waals surface area contributed by atoms with Gasteiger partial charge in [0.15, 0.2) is 0 Å². The van der Waals surface area contributed by atoms with Crippen molar-refractivity contribution in [3.8, 4) is 0 Å². The SMILES string of the molecule is CCOC(=O)c1cc(N2CC[C@H]3CC[C@@H](C2)N3C)ccc1[N+](=O)[O-]. The Hall–Kier alpha value is -2.15. The first-order chi connectivity index (χ1) is 11.5. The van der Waals surface area contributed by atoms with Crippen LogP contribution in [0.25, 0.3) is 0 Å². The Morgan fingerprint density at radius 2 is 2.08 bits per heavy atom. The van der Waals surface area contributed by atoms with E-state index in [1.807, 2.05) is 0 Å². The van der Waals surface area contributed by atoms with Gasteiger partial charge in [0.25, 0.3) is 5.69 Å². The van der Waals surface area contributed by atoms with E-state index in [9.17, 15) is 14.9 Å². The van der Waals surface area contributed by atoms with Crippen LogP contribution in [0.2, 0.25) is 0 Å². The van der Waals surface area contributed by atoms with E-state index in [1.165, 1.54) is 18.9 Å². The lowest BCUT2D eigenvalue weighted by Gasteiger charge is -2.27. The number of ether oxygens (including phenoxy) is 1. The molecule has 2 atom stereocenters. The van der Waals surface area contributed by atoms with E-state index < -0.39 is 10.9 Å². The van der Waals surface area contributed by atoms with Crippen molar-refractivity contribution in [1.82, 2.24) is 4.90 Å². The minimum absolute atomic E-state index is 0.0297. The summed E-state index contributed by atoms with van der Waals surface area (Å²) >= 11 is 0. The highest BCUT2D eigenvalue weighted by Crippen LogP contribution is 2.32. The highest BCUT2D eigenvalue weighted by molar-refractivity contribution is 5.95. The predicted octanol–water partition coefficient (Wildman–Crippen LogP) is 2.44. The summed E-state index contributed by atoms with van der Waals surface area (Å²) in [5, 5.41) is 11.2. The van der Waals surface area contributed by atoms with Crippen LogP contribution in [0.5, 0.6) is 0 Å². The van der Waals surface area contributed by atoms with Gasteiger partial charge in [-0.1, -0.05) is 0 Å². The quantitative estimate of drug-likeness (QED) is 0.478. The standard InChI is InChI=1S/C17H23N3O4/c1-3-24-17(21)15-10-13(6-7-16(15)20(22)23)19-9-8-12-4-5-14(11-19)18(12)2/h6-7,10,12,14H,3-5,8-9,11H2,1-2H3/t12-,14+/m1/s1.